The zero-order valence-corrected chi connectivity index (χ0v) is 11.4. The molecule has 2 aromatic rings. The SMILES string of the molecule is CCc1cccc(-c2ccccc2OC(=O)O)c1OC. The van der Waals surface area contributed by atoms with Crippen LogP contribution in [0, 0.1) is 0 Å². The number of rotatable bonds is 4. The lowest BCUT2D eigenvalue weighted by atomic mass is 9.99. The molecular formula is C16H16O4. The second-order valence-corrected chi connectivity index (χ2v) is 4.22. The fourth-order valence-electron chi connectivity index (χ4n) is 2.19. The van der Waals surface area contributed by atoms with Crippen LogP contribution < -0.4 is 9.47 Å². The number of aryl methyl sites for hydroxylation is 1. The van der Waals surface area contributed by atoms with E-state index in [0.717, 1.165) is 23.3 Å². The zero-order valence-electron chi connectivity index (χ0n) is 11.4. The average Bonchev–Trinajstić information content (AvgIpc) is 2.46. The van der Waals surface area contributed by atoms with E-state index in [2.05, 4.69) is 0 Å². The first-order chi connectivity index (χ1) is 9.67. The number of carbonyl (C=O) groups is 1. The highest BCUT2D eigenvalue weighted by molar-refractivity contribution is 5.79. The molecular weight excluding hydrogens is 256 g/mol. The lowest BCUT2D eigenvalue weighted by molar-refractivity contribution is 0.144. The Morgan fingerprint density at radius 3 is 2.45 bits per heavy atom. The van der Waals surface area contributed by atoms with Crippen LogP contribution in [0.2, 0.25) is 0 Å². The van der Waals surface area contributed by atoms with Gasteiger partial charge < -0.3 is 14.6 Å². The summed E-state index contributed by atoms with van der Waals surface area (Å²) in [5, 5.41) is 8.81. The normalized spacial score (nSPS) is 10.1. The first-order valence-corrected chi connectivity index (χ1v) is 6.33. The van der Waals surface area contributed by atoms with Gasteiger partial charge in [-0.05, 0) is 18.1 Å². The summed E-state index contributed by atoms with van der Waals surface area (Å²) in [6.45, 7) is 2.04. The molecule has 0 unspecified atom stereocenters. The Morgan fingerprint density at radius 2 is 1.80 bits per heavy atom. The summed E-state index contributed by atoms with van der Waals surface area (Å²) in [7, 11) is 1.61. The van der Waals surface area contributed by atoms with E-state index in [9.17, 15) is 4.79 Å². The molecule has 0 fully saturated rings. The Labute approximate surface area is 117 Å². The van der Waals surface area contributed by atoms with E-state index in [-0.39, 0.29) is 0 Å². The molecule has 4 nitrogen and oxygen atoms in total. The second-order valence-electron chi connectivity index (χ2n) is 4.22. The number of hydrogen-bond acceptors (Lipinski definition) is 3. The molecule has 0 aliphatic carbocycles. The summed E-state index contributed by atoms with van der Waals surface area (Å²) in [5.41, 5.74) is 2.58. The number of benzene rings is 2. The van der Waals surface area contributed by atoms with Crippen molar-refractivity contribution in [3.05, 3.63) is 48.0 Å². The van der Waals surface area contributed by atoms with Crippen molar-refractivity contribution in [2.24, 2.45) is 0 Å². The highest BCUT2D eigenvalue weighted by Crippen LogP contribution is 2.38. The van der Waals surface area contributed by atoms with Gasteiger partial charge in [-0.3, -0.25) is 0 Å². The summed E-state index contributed by atoms with van der Waals surface area (Å²) < 4.78 is 10.3. The minimum Gasteiger partial charge on any atom is -0.496 e. The third-order valence-electron chi connectivity index (χ3n) is 3.06. The predicted octanol–water partition coefficient (Wildman–Crippen LogP) is 3.98. The molecule has 0 amide bonds. The van der Waals surface area contributed by atoms with Gasteiger partial charge in [0.15, 0.2) is 0 Å². The Kier molecular flexibility index (Phi) is 4.25. The van der Waals surface area contributed by atoms with Crippen LogP contribution in [0.3, 0.4) is 0 Å². The molecule has 0 atom stereocenters. The minimum atomic E-state index is -1.33. The molecule has 4 heteroatoms. The standard InChI is InChI=1S/C16H16O4/c1-3-11-7-6-9-13(15(11)19-2)12-8-4-5-10-14(12)20-16(17)18/h4-10H,3H2,1-2H3,(H,17,18). The lowest BCUT2D eigenvalue weighted by Crippen LogP contribution is -2.04. The van der Waals surface area contributed by atoms with Gasteiger partial charge in [-0.1, -0.05) is 43.3 Å². The molecule has 0 heterocycles. The van der Waals surface area contributed by atoms with E-state index in [1.807, 2.05) is 37.3 Å². The van der Waals surface area contributed by atoms with Crippen molar-refractivity contribution in [2.75, 3.05) is 7.11 Å². The molecule has 0 saturated heterocycles. The predicted molar refractivity (Wildman–Crippen MR) is 76.5 cm³/mol. The number of methoxy groups -OCH3 is 1. The number of carboxylic acid groups (broad SMARTS) is 1. The molecule has 0 aromatic heterocycles. The van der Waals surface area contributed by atoms with Gasteiger partial charge in [0.25, 0.3) is 0 Å². The average molecular weight is 272 g/mol. The fourth-order valence-corrected chi connectivity index (χ4v) is 2.19. The lowest BCUT2D eigenvalue weighted by Gasteiger charge is -2.14. The second kappa shape index (κ2) is 6.10. The molecule has 2 rings (SSSR count). The van der Waals surface area contributed by atoms with E-state index in [1.54, 1.807) is 19.2 Å². The van der Waals surface area contributed by atoms with E-state index >= 15 is 0 Å². The Hall–Kier alpha value is -2.49. The van der Waals surface area contributed by atoms with Crippen LogP contribution in [-0.4, -0.2) is 18.4 Å². The van der Waals surface area contributed by atoms with E-state index < -0.39 is 6.16 Å². The van der Waals surface area contributed by atoms with Gasteiger partial charge in [-0.15, -0.1) is 0 Å². The van der Waals surface area contributed by atoms with Gasteiger partial charge >= 0.3 is 6.16 Å². The molecule has 20 heavy (non-hydrogen) atoms. The molecule has 0 radical (unpaired) electrons. The van der Waals surface area contributed by atoms with Crippen LogP contribution in [0.15, 0.2) is 42.5 Å². The van der Waals surface area contributed by atoms with Crippen molar-refractivity contribution in [1.82, 2.24) is 0 Å². The van der Waals surface area contributed by atoms with E-state index in [4.69, 9.17) is 14.6 Å². The molecule has 0 saturated carbocycles. The van der Waals surface area contributed by atoms with Gasteiger partial charge in [-0.2, -0.15) is 0 Å². The van der Waals surface area contributed by atoms with Crippen LogP contribution in [-0.2, 0) is 6.42 Å². The first-order valence-electron chi connectivity index (χ1n) is 6.33. The monoisotopic (exact) mass is 272 g/mol. The van der Waals surface area contributed by atoms with Gasteiger partial charge in [0.1, 0.15) is 11.5 Å². The third-order valence-corrected chi connectivity index (χ3v) is 3.06. The first kappa shape index (κ1) is 13.9. The number of hydrogen-bond donors (Lipinski definition) is 1. The third kappa shape index (κ3) is 2.74. The van der Waals surface area contributed by atoms with Crippen LogP contribution in [0.25, 0.3) is 11.1 Å². The van der Waals surface area contributed by atoms with Gasteiger partial charge in [-0.25, -0.2) is 4.79 Å². The Morgan fingerprint density at radius 1 is 1.10 bits per heavy atom. The maximum absolute atomic E-state index is 10.8. The largest absolute Gasteiger partial charge is 0.511 e. The maximum Gasteiger partial charge on any atom is 0.511 e. The molecule has 1 N–H and O–H groups in total. The van der Waals surface area contributed by atoms with Crippen molar-refractivity contribution in [1.29, 1.82) is 0 Å². The number of para-hydroxylation sites is 2. The summed E-state index contributed by atoms with van der Waals surface area (Å²) in [5.74, 6) is 1.04. The topological polar surface area (TPSA) is 55.8 Å². The highest BCUT2D eigenvalue weighted by atomic mass is 16.7. The highest BCUT2D eigenvalue weighted by Gasteiger charge is 2.15. The quantitative estimate of drug-likeness (QED) is 0.675. The van der Waals surface area contributed by atoms with Crippen LogP contribution in [0.1, 0.15) is 12.5 Å². The van der Waals surface area contributed by atoms with Crippen molar-refractivity contribution < 1.29 is 19.4 Å². The summed E-state index contributed by atoms with van der Waals surface area (Å²) in [6.07, 6.45) is -0.498. The summed E-state index contributed by atoms with van der Waals surface area (Å²) in [6, 6.07) is 12.8. The Bertz CT molecular complexity index is 620. The molecule has 0 aliphatic heterocycles. The Balaban J connectivity index is 2.59. The van der Waals surface area contributed by atoms with Crippen LogP contribution in [0.5, 0.6) is 11.5 Å². The van der Waals surface area contributed by atoms with E-state index in [0.29, 0.717) is 11.3 Å². The smallest absolute Gasteiger partial charge is 0.496 e. The van der Waals surface area contributed by atoms with Crippen molar-refractivity contribution >= 4 is 6.16 Å². The van der Waals surface area contributed by atoms with E-state index in [1.165, 1.54) is 0 Å². The number of ether oxygens (including phenoxy) is 2. The van der Waals surface area contributed by atoms with Gasteiger partial charge in [0, 0.05) is 11.1 Å². The van der Waals surface area contributed by atoms with Crippen molar-refractivity contribution in [3.8, 4) is 22.6 Å². The van der Waals surface area contributed by atoms with Crippen molar-refractivity contribution in [3.63, 3.8) is 0 Å². The molecule has 2 aromatic carbocycles. The molecule has 0 bridgehead atoms. The van der Waals surface area contributed by atoms with Crippen molar-refractivity contribution in [2.45, 2.75) is 13.3 Å². The summed E-state index contributed by atoms with van der Waals surface area (Å²) >= 11 is 0. The summed E-state index contributed by atoms with van der Waals surface area (Å²) in [4.78, 5) is 10.8. The molecule has 0 aliphatic rings. The minimum absolute atomic E-state index is 0.298. The van der Waals surface area contributed by atoms with Crippen LogP contribution in [0.4, 0.5) is 4.79 Å². The van der Waals surface area contributed by atoms with Gasteiger partial charge in [0.2, 0.25) is 0 Å². The molecule has 104 valence electrons. The maximum atomic E-state index is 10.8. The van der Waals surface area contributed by atoms with Crippen LogP contribution >= 0.6 is 0 Å². The van der Waals surface area contributed by atoms with Gasteiger partial charge in [0.05, 0.1) is 7.11 Å². The fraction of sp³-hybridized carbons (Fsp3) is 0.188. The zero-order chi connectivity index (χ0) is 14.5. The molecule has 0 spiro atoms.